The lowest BCUT2D eigenvalue weighted by Crippen LogP contribution is -2.51. The van der Waals surface area contributed by atoms with Crippen LogP contribution in [-0.2, 0) is 9.59 Å². The molecule has 118 valence electrons. The van der Waals surface area contributed by atoms with Gasteiger partial charge in [0.2, 0.25) is 11.8 Å². The Morgan fingerprint density at radius 2 is 1.67 bits per heavy atom. The number of hydrogen-bond donors (Lipinski definition) is 2. The number of carbonyl (C=O) groups is 2. The molecule has 3 rings (SSSR count). The van der Waals surface area contributed by atoms with Gasteiger partial charge in [-0.2, -0.15) is 0 Å². The fourth-order valence-corrected chi connectivity index (χ4v) is 3.18. The molecule has 1 aliphatic carbocycles. The Morgan fingerprint density at radius 1 is 1.00 bits per heavy atom. The van der Waals surface area contributed by atoms with E-state index >= 15 is 0 Å². The number of likely N-dealkylation sites (tertiary alicyclic amines) is 1. The molecule has 2 N–H and O–H groups in total. The van der Waals surface area contributed by atoms with E-state index in [0.717, 1.165) is 65.0 Å². The summed E-state index contributed by atoms with van der Waals surface area (Å²) in [5.74, 6) is 0.772. The van der Waals surface area contributed by atoms with E-state index in [2.05, 4.69) is 15.5 Å². The Kier molecular flexibility index (Phi) is 4.75. The fraction of sp³-hybridized carbons (Fsp3) is 0.867. The molecule has 6 heteroatoms. The van der Waals surface area contributed by atoms with Gasteiger partial charge in [0, 0.05) is 51.2 Å². The average Bonchev–Trinajstić information content (AvgIpc) is 3.33. The summed E-state index contributed by atoms with van der Waals surface area (Å²) in [6.07, 6.45) is 3.93. The molecule has 2 heterocycles. The Balaban J connectivity index is 1.36. The van der Waals surface area contributed by atoms with Crippen molar-refractivity contribution < 1.29 is 9.59 Å². The molecule has 0 radical (unpaired) electrons. The lowest BCUT2D eigenvalue weighted by molar-refractivity contribution is -0.133. The molecule has 3 fully saturated rings. The first kappa shape index (κ1) is 14.8. The molecule has 2 amide bonds. The maximum atomic E-state index is 12.1. The van der Waals surface area contributed by atoms with Gasteiger partial charge in [-0.1, -0.05) is 0 Å². The predicted octanol–water partition coefficient (Wildman–Crippen LogP) is -0.591. The van der Waals surface area contributed by atoms with Gasteiger partial charge in [-0.15, -0.1) is 0 Å². The molecule has 0 unspecified atom stereocenters. The molecule has 0 bridgehead atoms. The summed E-state index contributed by atoms with van der Waals surface area (Å²) in [7, 11) is 0. The summed E-state index contributed by atoms with van der Waals surface area (Å²) in [5, 5.41) is 6.42. The van der Waals surface area contributed by atoms with Crippen molar-refractivity contribution in [3.63, 3.8) is 0 Å². The van der Waals surface area contributed by atoms with Crippen LogP contribution in [0.15, 0.2) is 0 Å². The molecule has 0 aromatic rings. The minimum atomic E-state index is 0.129. The van der Waals surface area contributed by atoms with Crippen molar-refractivity contribution in [2.75, 3.05) is 45.8 Å². The standard InChI is InChI=1S/C15H26N4O2/c20-14(11-18-9-5-16-6-10-18)17-13-3-7-19(8-4-13)15(21)12-1-2-12/h12-13,16H,1-11H2,(H,17,20). The minimum Gasteiger partial charge on any atom is -0.352 e. The summed E-state index contributed by atoms with van der Waals surface area (Å²) in [4.78, 5) is 28.2. The lowest BCUT2D eigenvalue weighted by Gasteiger charge is -2.33. The third-order valence-electron chi connectivity index (χ3n) is 4.68. The van der Waals surface area contributed by atoms with Crippen LogP contribution in [0.25, 0.3) is 0 Å². The average molecular weight is 294 g/mol. The van der Waals surface area contributed by atoms with Gasteiger partial charge in [0.15, 0.2) is 0 Å². The zero-order valence-electron chi connectivity index (χ0n) is 12.6. The molecule has 0 atom stereocenters. The van der Waals surface area contributed by atoms with Crippen LogP contribution in [-0.4, -0.2) is 73.5 Å². The lowest BCUT2D eigenvalue weighted by atomic mass is 10.0. The first-order chi connectivity index (χ1) is 10.2. The summed E-state index contributed by atoms with van der Waals surface area (Å²) in [6.45, 7) is 5.93. The van der Waals surface area contributed by atoms with E-state index in [1.165, 1.54) is 0 Å². The molecular formula is C15H26N4O2. The summed E-state index contributed by atoms with van der Waals surface area (Å²) in [6, 6.07) is 0.240. The Hall–Kier alpha value is -1.14. The second-order valence-electron chi connectivity index (χ2n) is 6.47. The third kappa shape index (κ3) is 4.17. The Labute approximate surface area is 126 Å². The van der Waals surface area contributed by atoms with E-state index in [1.54, 1.807) is 0 Å². The van der Waals surface area contributed by atoms with Gasteiger partial charge < -0.3 is 15.5 Å². The highest BCUT2D eigenvalue weighted by atomic mass is 16.2. The van der Waals surface area contributed by atoms with E-state index in [4.69, 9.17) is 0 Å². The van der Waals surface area contributed by atoms with Crippen molar-refractivity contribution in [1.82, 2.24) is 20.4 Å². The van der Waals surface area contributed by atoms with E-state index in [0.29, 0.717) is 18.4 Å². The zero-order chi connectivity index (χ0) is 14.7. The van der Waals surface area contributed by atoms with Crippen LogP contribution in [0.3, 0.4) is 0 Å². The van der Waals surface area contributed by atoms with Gasteiger partial charge >= 0.3 is 0 Å². The van der Waals surface area contributed by atoms with Crippen molar-refractivity contribution in [2.24, 2.45) is 5.92 Å². The largest absolute Gasteiger partial charge is 0.352 e. The molecule has 3 aliphatic rings. The molecular weight excluding hydrogens is 268 g/mol. The van der Waals surface area contributed by atoms with E-state index in [-0.39, 0.29) is 11.9 Å². The van der Waals surface area contributed by atoms with Crippen LogP contribution in [0.5, 0.6) is 0 Å². The second-order valence-corrected chi connectivity index (χ2v) is 6.47. The maximum Gasteiger partial charge on any atom is 0.234 e. The first-order valence-corrected chi connectivity index (χ1v) is 8.23. The topological polar surface area (TPSA) is 64.7 Å². The molecule has 0 spiro atoms. The number of rotatable bonds is 4. The first-order valence-electron chi connectivity index (χ1n) is 8.23. The normalized spacial score (nSPS) is 24.9. The number of nitrogens with zero attached hydrogens (tertiary/aromatic N) is 2. The Bertz CT molecular complexity index is 383. The number of hydrogen-bond acceptors (Lipinski definition) is 4. The molecule has 21 heavy (non-hydrogen) atoms. The van der Waals surface area contributed by atoms with Crippen molar-refractivity contribution in [3.8, 4) is 0 Å². The molecule has 6 nitrogen and oxygen atoms in total. The van der Waals surface area contributed by atoms with Gasteiger partial charge in [-0.05, 0) is 25.7 Å². The number of nitrogens with one attached hydrogen (secondary N) is 2. The van der Waals surface area contributed by atoms with Crippen LogP contribution in [0.1, 0.15) is 25.7 Å². The number of piperazine rings is 1. The van der Waals surface area contributed by atoms with Gasteiger partial charge in [-0.3, -0.25) is 14.5 Å². The van der Waals surface area contributed by atoms with Gasteiger partial charge in [0.25, 0.3) is 0 Å². The van der Waals surface area contributed by atoms with Crippen LogP contribution in [0.2, 0.25) is 0 Å². The van der Waals surface area contributed by atoms with E-state index < -0.39 is 0 Å². The van der Waals surface area contributed by atoms with Gasteiger partial charge in [0.05, 0.1) is 6.54 Å². The Morgan fingerprint density at radius 3 is 2.29 bits per heavy atom. The van der Waals surface area contributed by atoms with Crippen molar-refractivity contribution >= 4 is 11.8 Å². The monoisotopic (exact) mass is 294 g/mol. The number of amides is 2. The van der Waals surface area contributed by atoms with Crippen molar-refractivity contribution in [2.45, 2.75) is 31.7 Å². The molecule has 2 saturated heterocycles. The summed E-state index contributed by atoms with van der Waals surface area (Å²) < 4.78 is 0. The van der Waals surface area contributed by atoms with Crippen LogP contribution in [0.4, 0.5) is 0 Å². The van der Waals surface area contributed by atoms with Crippen LogP contribution < -0.4 is 10.6 Å². The highest BCUT2D eigenvalue weighted by Gasteiger charge is 2.35. The second kappa shape index (κ2) is 6.75. The predicted molar refractivity (Wildman–Crippen MR) is 79.8 cm³/mol. The molecule has 2 aliphatic heterocycles. The van der Waals surface area contributed by atoms with Crippen LogP contribution >= 0.6 is 0 Å². The molecule has 0 aromatic carbocycles. The number of carbonyl (C=O) groups excluding carboxylic acids is 2. The third-order valence-corrected chi connectivity index (χ3v) is 4.68. The summed E-state index contributed by atoms with van der Waals surface area (Å²) in [5.41, 5.74) is 0. The quantitative estimate of drug-likeness (QED) is 0.727. The van der Waals surface area contributed by atoms with Crippen molar-refractivity contribution in [1.29, 1.82) is 0 Å². The number of piperidine rings is 1. The maximum absolute atomic E-state index is 12.1. The van der Waals surface area contributed by atoms with Gasteiger partial charge in [-0.25, -0.2) is 0 Å². The molecule has 0 aromatic heterocycles. The molecule has 1 saturated carbocycles. The minimum absolute atomic E-state index is 0.129. The van der Waals surface area contributed by atoms with E-state index in [1.807, 2.05) is 4.90 Å². The summed E-state index contributed by atoms with van der Waals surface area (Å²) >= 11 is 0. The highest BCUT2D eigenvalue weighted by Crippen LogP contribution is 2.31. The SMILES string of the molecule is O=C(CN1CCNCC1)NC1CCN(C(=O)C2CC2)CC1. The zero-order valence-corrected chi connectivity index (χ0v) is 12.6. The highest BCUT2D eigenvalue weighted by molar-refractivity contribution is 5.81. The smallest absolute Gasteiger partial charge is 0.234 e. The van der Waals surface area contributed by atoms with E-state index in [9.17, 15) is 9.59 Å². The van der Waals surface area contributed by atoms with Gasteiger partial charge in [0.1, 0.15) is 0 Å². The van der Waals surface area contributed by atoms with Crippen LogP contribution in [0, 0.1) is 5.92 Å². The fourth-order valence-electron chi connectivity index (χ4n) is 3.18. The van der Waals surface area contributed by atoms with Crippen molar-refractivity contribution in [3.05, 3.63) is 0 Å².